The molecule has 2 N–H and O–H groups in total. The molecule has 0 aliphatic rings. The summed E-state index contributed by atoms with van der Waals surface area (Å²) < 4.78 is -0.669. The van der Waals surface area contributed by atoms with E-state index in [0.29, 0.717) is 5.13 Å². The van der Waals surface area contributed by atoms with Crippen LogP contribution in [0, 0.1) is 13.8 Å². The number of amidine groups is 1. The number of nitrogens with two attached hydrogens (primary N) is 1. The van der Waals surface area contributed by atoms with Crippen LogP contribution in [0.3, 0.4) is 0 Å². The minimum absolute atomic E-state index is 0.0833. The van der Waals surface area contributed by atoms with Crippen LogP contribution in [0.25, 0.3) is 10.2 Å². The molecule has 0 radical (unpaired) electrons. The highest BCUT2D eigenvalue weighted by Gasteiger charge is 2.25. The highest BCUT2D eigenvalue weighted by molar-refractivity contribution is 7.22. The Hall–Kier alpha value is -0.550. The third-order valence-electron chi connectivity index (χ3n) is 2.50. The first-order chi connectivity index (χ1) is 8.27. The van der Waals surface area contributed by atoms with Gasteiger partial charge in [-0.05, 0) is 37.1 Å². The zero-order chi connectivity index (χ0) is 13.5. The van der Waals surface area contributed by atoms with E-state index in [2.05, 4.69) is 16.0 Å². The first kappa shape index (κ1) is 13.9. The van der Waals surface area contributed by atoms with Crippen molar-refractivity contribution >= 4 is 67.3 Å². The monoisotopic (exact) mass is 321 g/mol. The first-order valence-corrected chi connectivity index (χ1v) is 7.01. The molecule has 0 saturated heterocycles. The van der Waals surface area contributed by atoms with E-state index in [-0.39, 0.29) is 5.84 Å². The van der Waals surface area contributed by atoms with Gasteiger partial charge in [-0.25, -0.2) is 9.98 Å². The molecular formula is C11H10Cl3N3S. The van der Waals surface area contributed by atoms with Gasteiger partial charge in [0.1, 0.15) is 0 Å². The van der Waals surface area contributed by atoms with Gasteiger partial charge in [-0.15, -0.1) is 0 Å². The van der Waals surface area contributed by atoms with Crippen LogP contribution in [0.5, 0.6) is 0 Å². The number of aliphatic imine (C=N–C) groups is 1. The number of fused-ring (bicyclic) bond motifs is 1. The first-order valence-electron chi connectivity index (χ1n) is 5.06. The second-order valence-corrected chi connectivity index (χ2v) is 7.19. The van der Waals surface area contributed by atoms with Gasteiger partial charge in [-0.3, -0.25) is 0 Å². The molecule has 0 aliphatic carbocycles. The predicted molar refractivity (Wildman–Crippen MR) is 80.7 cm³/mol. The van der Waals surface area contributed by atoms with Crippen molar-refractivity contribution in [3.63, 3.8) is 0 Å². The van der Waals surface area contributed by atoms with Crippen LogP contribution in [0.4, 0.5) is 5.13 Å². The fourth-order valence-corrected chi connectivity index (χ4v) is 2.44. The average Bonchev–Trinajstić information content (AvgIpc) is 2.59. The van der Waals surface area contributed by atoms with Crippen molar-refractivity contribution in [1.82, 2.24) is 4.98 Å². The summed E-state index contributed by atoms with van der Waals surface area (Å²) in [5.74, 6) is -0.0833. The summed E-state index contributed by atoms with van der Waals surface area (Å²) in [6.45, 7) is 4.08. The van der Waals surface area contributed by atoms with E-state index in [1.54, 1.807) is 0 Å². The SMILES string of the molecule is Cc1cc2nc(/N=C(\N)C(Cl)(Cl)Cl)sc2cc1C. The van der Waals surface area contributed by atoms with Gasteiger partial charge < -0.3 is 5.73 Å². The fraction of sp³-hybridized carbons (Fsp3) is 0.273. The second-order valence-electron chi connectivity index (χ2n) is 3.90. The predicted octanol–water partition coefficient (Wildman–Crippen LogP) is 4.27. The number of nitrogens with zero attached hydrogens (tertiary/aromatic N) is 2. The van der Waals surface area contributed by atoms with Gasteiger partial charge in [-0.1, -0.05) is 46.1 Å². The molecule has 0 saturated carbocycles. The summed E-state index contributed by atoms with van der Waals surface area (Å²) in [7, 11) is 0. The quantitative estimate of drug-likeness (QED) is 0.484. The van der Waals surface area contributed by atoms with Gasteiger partial charge in [0.25, 0.3) is 0 Å². The number of thiazole rings is 1. The van der Waals surface area contributed by atoms with Crippen molar-refractivity contribution in [3.8, 4) is 0 Å². The van der Waals surface area contributed by atoms with Crippen molar-refractivity contribution < 1.29 is 0 Å². The Balaban J connectivity index is 2.49. The zero-order valence-corrected chi connectivity index (χ0v) is 12.8. The number of benzene rings is 1. The molecule has 1 aromatic carbocycles. The lowest BCUT2D eigenvalue weighted by Gasteiger charge is -2.07. The van der Waals surface area contributed by atoms with Gasteiger partial charge >= 0.3 is 0 Å². The van der Waals surface area contributed by atoms with Crippen LogP contribution in [0.1, 0.15) is 11.1 Å². The summed E-state index contributed by atoms with van der Waals surface area (Å²) >= 11 is 18.3. The molecule has 0 fully saturated rings. The third-order valence-corrected chi connectivity index (χ3v) is 3.99. The number of hydrogen-bond acceptors (Lipinski definition) is 3. The van der Waals surface area contributed by atoms with Crippen LogP contribution in [-0.4, -0.2) is 14.6 Å². The Morgan fingerprint density at radius 1 is 1.28 bits per heavy atom. The highest BCUT2D eigenvalue weighted by atomic mass is 35.6. The largest absolute Gasteiger partial charge is 0.383 e. The van der Waals surface area contributed by atoms with Crippen LogP contribution in [0.15, 0.2) is 17.1 Å². The smallest absolute Gasteiger partial charge is 0.247 e. The summed E-state index contributed by atoms with van der Waals surface area (Å²) in [5, 5.41) is 0.485. The van der Waals surface area contributed by atoms with Crippen LogP contribution in [-0.2, 0) is 0 Å². The molecule has 0 unspecified atom stereocenters. The maximum absolute atomic E-state index is 5.63. The van der Waals surface area contributed by atoms with E-state index in [1.807, 2.05) is 19.9 Å². The molecule has 96 valence electrons. The van der Waals surface area contributed by atoms with Crippen LogP contribution < -0.4 is 5.73 Å². The van der Waals surface area contributed by atoms with E-state index >= 15 is 0 Å². The number of rotatable bonds is 1. The molecule has 3 nitrogen and oxygen atoms in total. The van der Waals surface area contributed by atoms with Gasteiger partial charge in [0.15, 0.2) is 5.84 Å². The van der Waals surface area contributed by atoms with Gasteiger partial charge in [-0.2, -0.15) is 0 Å². The summed E-state index contributed by atoms with van der Waals surface area (Å²) in [6, 6.07) is 4.07. The van der Waals surface area contributed by atoms with Gasteiger partial charge in [0, 0.05) is 0 Å². The number of alkyl halides is 3. The lowest BCUT2D eigenvalue weighted by Crippen LogP contribution is -2.27. The standard InChI is InChI=1S/C11H10Cl3N3S/c1-5-3-7-8(4-6(5)2)18-10(16-7)17-9(15)11(12,13)14/h3-4H,1-2H3,(H2,15,16,17). The molecule has 0 spiro atoms. The molecule has 0 amide bonds. The van der Waals surface area contributed by atoms with E-state index < -0.39 is 3.79 Å². The molecule has 7 heteroatoms. The van der Waals surface area contributed by atoms with E-state index in [1.165, 1.54) is 22.5 Å². The number of aromatic nitrogens is 1. The van der Waals surface area contributed by atoms with Crippen molar-refractivity contribution in [1.29, 1.82) is 0 Å². The Labute approximate surface area is 124 Å². The summed E-state index contributed by atoms with van der Waals surface area (Å²) in [6.07, 6.45) is 0. The Morgan fingerprint density at radius 3 is 2.50 bits per heavy atom. The van der Waals surface area contributed by atoms with Gasteiger partial charge in [0.05, 0.1) is 10.2 Å². The zero-order valence-electron chi connectivity index (χ0n) is 9.67. The fourth-order valence-electron chi connectivity index (χ4n) is 1.38. The Morgan fingerprint density at radius 2 is 1.89 bits per heavy atom. The lowest BCUT2D eigenvalue weighted by atomic mass is 10.1. The summed E-state index contributed by atoms with van der Waals surface area (Å²) in [5.41, 5.74) is 8.84. The molecule has 2 rings (SSSR count). The normalized spacial score (nSPS) is 13.3. The second kappa shape index (κ2) is 4.85. The minimum atomic E-state index is -1.70. The topological polar surface area (TPSA) is 51.3 Å². The van der Waals surface area contributed by atoms with Gasteiger partial charge in [0.2, 0.25) is 8.92 Å². The lowest BCUT2D eigenvalue weighted by molar-refractivity contribution is 1.32. The van der Waals surface area contributed by atoms with E-state index in [0.717, 1.165) is 10.2 Å². The molecule has 2 aromatic rings. The maximum Gasteiger partial charge on any atom is 0.247 e. The molecule has 0 atom stereocenters. The average molecular weight is 323 g/mol. The number of halogens is 3. The van der Waals surface area contributed by atoms with E-state index in [4.69, 9.17) is 40.5 Å². The molecule has 0 bridgehead atoms. The van der Waals surface area contributed by atoms with Crippen molar-refractivity contribution in [3.05, 3.63) is 23.3 Å². The van der Waals surface area contributed by atoms with Crippen molar-refractivity contribution in [2.75, 3.05) is 0 Å². The molecule has 18 heavy (non-hydrogen) atoms. The molecule has 1 aromatic heterocycles. The van der Waals surface area contributed by atoms with Crippen molar-refractivity contribution in [2.24, 2.45) is 10.7 Å². The van der Waals surface area contributed by atoms with E-state index in [9.17, 15) is 0 Å². The van der Waals surface area contributed by atoms with Crippen molar-refractivity contribution in [2.45, 2.75) is 17.6 Å². The molecule has 1 heterocycles. The number of aryl methyl sites for hydroxylation is 2. The molecule has 0 aliphatic heterocycles. The Bertz CT molecular complexity index is 589. The Kier molecular flexibility index (Phi) is 3.74. The number of hydrogen-bond donors (Lipinski definition) is 1. The third kappa shape index (κ3) is 2.88. The summed E-state index contributed by atoms with van der Waals surface area (Å²) in [4.78, 5) is 8.38. The maximum atomic E-state index is 5.63. The van der Waals surface area contributed by atoms with Crippen LogP contribution >= 0.6 is 46.1 Å². The highest BCUT2D eigenvalue weighted by Crippen LogP contribution is 2.32. The molecular weight excluding hydrogens is 313 g/mol. The minimum Gasteiger partial charge on any atom is -0.383 e. The van der Waals surface area contributed by atoms with Crippen LogP contribution in [0.2, 0.25) is 0 Å².